The van der Waals surface area contributed by atoms with Crippen LogP contribution in [0.4, 0.5) is 0 Å². The van der Waals surface area contributed by atoms with Crippen molar-refractivity contribution in [1.82, 2.24) is 4.98 Å². The van der Waals surface area contributed by atoms with Crippen molar-refractivity contribution in [1.29, 1.82) is 5.41 Å². The highest BCUT2D eigenvalue weighted by Crippen LogP contribution is 2.28. The van der Waals surface area contributed by atoms with E-state index >= 15 is 0 Å². The number of nitrogens with one attached hydrogen (secondary N) is 1. The van der Waals surface area contributed by atoms with Crippen molar-refractivity contribution in [2.24, 2.45) is 15.7 Å². The number of nitrogens with zero attached hydrogens (tertiary/aromatic N) is 3. The predicted octanol–water partition coefficient (Wildman–Crippen LogP) is 2.73. The summed E-state index contributed by atoms with van der Waals surface area (Å²) in [4.78, 5) is 14.1. The third-order valence-corrected chi connectivity index (χ3v) is 4.56. The summed E-state index contributed by atoms with van der Waals surface area (Å²) in [7, 11) is 3.09. The van der Waals surface area contributed by atoms with Gasteiger partial charge >= 0.3 is 0 Å². The Labute approximate surface area is 150 Å². The van der Waals surface area contributed by atoms with Crippen LogP contribution in [-0.4, -0.2) is 37.1 Å². The number of guanidine groups is 1. The Bertz CT molecular complexity index is 785. The molecular formula is C17H21N5O2S. The normalized spacial score (nSPS) is 12.2. The first-order valence-electron chi connectivity index (χ1n) is 7.53. The van der Waals surface area contributed by atoms with Gasteiger partial charge in [-0.25, -0.2) is 15.0 Å². The van der Waals surface area contributed by atoms with Crippen LogP contribution in [0.15, 0.2) is 28.2 Å². The Morgan fingerprint density at radius 3 is 2.40 bits per heavy atom. The number of hydrogen-bond acceptors (Lipinski definition) is 6. The van der Waals surface area contributed by atoms with Gasteiger partial charge in [0, 0.05) is 11.1 Å². The number of rotatable bonds is 6. The number of benzene rings is 1. The second-order valence-corrected chi connectivity index (χ2v) is 6.39. The Morgan fingerprint density at radius 1 is 1.28 bits per heavy atom. The molecule has 132 valence electrons. The van der Waals surface area contributed by atoms with E-state index in [0.717, 1.165) is 21.8 Å². The lowest BCUT2D eigenvalue weighted by Crippen LogP contribution is -2.15. The van der Waals surface area contributed by atoms with Crippen LogP contribution in [0.2, 0.25) is 0 Å². The first-order valence-corrected chi connectivity index (χ1v) is 8.35. The molecule has 0 aliphatic heterocycles. The number of thiazole rings is 1. The molecule has 25 heavy (non-hydrogen) atoms. The number of nitrogens with two attached hydrogens (primary N) is 1. The van der Waals surface area contributed by atoms with E-state index in [0.29, 0.717) is 29.3 Å². The lowest BCUT2D eigenvalue weighted by Gasteiger charge is -2.12. The number of methoxy groups -OCH3 is 2. The van der Waals surface area contributed by atoms with E-state index in [9.17, 15) is 0 Å². The standard InChI is InChI=1S/C17H21N5O2S/c1-10-11(2)25-15(21-10)9-20-17(19)22-12(8-18)16-13(23-3)6-5-7-14(16)24-4/h5-8,18H,9H2,1-4H3,(H2,19,20). The van der Waals surface area contributed by atoms with Crippen molar-refractivity contribution in [2.45, 2.75) is 20.4 Å². The third kappa shape index (κ3) is 4.42. The van der Waals surface area contributed by atoms with Gasteiger partial charge in [-0.15, -0.1) is 11.3 Å². The second-order valence-electron chi connectivity index (χ2n) is 5.10. The van der Waals surface area contributed by atoms with Gasteiger partial charge in [-0.05, 0) is 26.0 Å². The van der Waals surface area contributed by atoms with Crippen LogP contribution >= 0.6 is 11.3 Å². The first-order chi connectivity index (χ1) is 12.0. The average molecular weight is 359 g/mol. The fourth-order valence-corrected chi connectivity index (χ4v) is 3.04. The van der Waals surface area contributed by atoms with Gasteiger partial charge in [0.15, 0.2) is 0 Å². The summed E-state index contributed by atoms with van der Waals surface area (Å²) >= 11 is 1.58. The molecule has 0 atom stereocenters. The third-order valence-electron chi connectivity index (χ3n) is 3.50. The summed E-state index contributed by atoms with van der Waals surface area (Å²) in [5, 5.41) is 8.55. The van der Waals surface area contributed by atoms with Crippen LogP contribution < -0.4 is 15.2 Å². The SMILES string of the molecule is COc1cccc(OC)c1C(C=N)=NC(N)=NCc1nc(C)c(C)s1. The van der Waals surface area contributed by atoms with E-state index < -0.39 is 0 Å². The molecular weight excluding hydrogens is 338 g/mol. The van der Waals surface area contributed by atoms with Gasteiger partial charge < -0.3 is 20.6 Å². The molecule has 0 fully saturated rings. The van der Waals surface area contributed by atoms with Crippen LogP contribution in [-0.2, 0) is 6.54 Å². The minimum Gasteiger partial charge on any atom is -0.496 e. The summed E-state index contributed by atoms with van der Waals surface area (Å²) in [6.07, 6.45) is 1.10. The number of aromatic nitrogens is 1. The van der Waals surface area contributed by atoms with E-state index in [1.807, 2.05) is 13.8 Å². The summed E-state index contributed by atoms with van der Waals surface area (Å²) in [6, 6.07) is 5.34. The molecule has 7 nitrogen and oxygen atoms in total. The summed E-state index contributed by atoms with van der Waals surface area (Å²) in [6.45, 7) is 4.33. The molecule has 1 aromatic heterocycles. The summed E-state index contributed by atoms with van der Waals surface area (Å²) < 4.78 is 10.7. The molecule has 8 heteroatoms. The molecule has 0 bridgehead atoms. The highest BCUT2D eigenvalue weighted by Gasteiger charge is 2.15. The number of ether oxygens (including phenoxy) is 2. The Morgan fingerprint density at radius 2 is 1.92 bits per heavy atom. The average Bonchev–Trinajstić information content (AvgIpc) is 2.95. The zero-order chi connectivity index (χ0) is 18.4. The van der Waals surface area contributed by atoms with Gasteiger partial charge in [-0.2, -0.15) is 0 Å². The van der Waals surface area contributed by atoms with Gasteiger partial charge in [-0.3, -0.25) is 0 Å². The van der Waals surface area contributed by atoms with E-state index in [4.69, 9.17) is 20.6 Å². The van der Waals surface area contributed by atoms with Gasteiger partial charge in [-0.1, -0.05) is 6.07 Å². The maximum absolute atomic E-state index is 7.67. The van der Waals surface area contributed by atoms with Gasteiger partial charge in [0.25, 0.3) is 0 Å². The van der Waals surface area contributed by atoms with E-state index in [1.54, 1.807) is 43.8 Å². The molecule has 0 amide bonds. The predicted molar refractivity (Wildman–Crippen MR) is 102 cm³/mol. The van der Waals surface area contributed by atoms with Gasteiger partial charge in [0.1, 0.15) is 16.5 Å². The second kappa shape index (κ2) is 8.39. The minimum atomic E-state index is 0.0666. The Hall–Kier alpha value is -2.74. The maximum Gasteiger partial charge on any atom is 0.216 e. The molecule has 1 aromatic carbocycles. The molecule has 1 heterocycles. The maximum atomic E-state index is 7.67. The van der Waals surface area contributed by atoms with Crippen LogP contribution in [0.1, 0.15) is 21.1 Å². The molecule has 0 aliphatic rings. The quantitative estimate of drug-likeness (QED) is 0.611. The van der Waals surface area contributed by atoms with E-state index in [1.165, 1.54) is 0 Å². The topological polar surface area (TPSA) is 106 Å². The molecule has 0 spiro atoms. The van der Waals surface area contributed by atoms with E-state index in [-0.39, 0.29) is 5.96 Å². The molecule has 2 rings (SSSR count). The van der Waals surface area contributed by atoms with Crippen molar-refractivity contribution < 1.29 is 9.47 Å². The fourth-order valence-electron chi connectivity index (χ4n) is 2.18. The largest absolute Gasteiger partial charge is 0.496 e. The smallest absolute Gasteiger partial charge is 0.216 e. The van der Waals surface area contributed by atoms with Gasteiger partial charge in [0.2, 0.25) is 5.96 Å². The lowest BCUT2D eigenvalue weighted by atomic mass is 10.1. The molecule has 0 unspecified atom stereocenters. The zero-order valence-corrected chi connectivity index (χ0v) is 15.5. The Kier molecular flexibility index (Phi) is 6.24. The fraction of sp³-hybridized carbons (Fsp3) is 0.294. The van der Waals surface area contributed by atoms with Crippen molar-refractivity contribution in [3.63, 3.8) is 0 Å². The van der Waals surface area contributed by atoms with Crippen LogP contribution in [0, 0.1) is 19.3 Å². The van der Waals surface area contributed by atoms with Crippen LogP contribution in [0.3, 0.4) is 0 Å². The van der Waals surface area contributed by atoms with Crippen molar-refractivity contribution in [3.05, 3.63) is 39.3 Å². The highest BCUT2D eigenvalue weighted by molar-refractivity contribution is 7.11. The molecule has 0 saturated heterocycles. The Balaban J connectivity index is 2.33. The van der Waals surface area contributed by atoms with Gasteiger partial charge in [0.05, 0.1) is 37.7 Å². The highest BCUT2D eigenvalue weighted by atomic mass is 32.1. The number of hydrogen-bond donors (Lipinski definition) is 2. The van der Waals surface area contributed by atoms with E-state index in [2.05, 4.69) is 15.0 Å². The summed E-state index contributed by atoms with van der Waals surface area (Å²) in [5.74, 6) is 1.15. The monoisotopic (exact) mass is 359 g/mol. The van der Waals surface area contributed by atoms with Crippen LogP contribution in [0.5, 0.6) is 11.5 Å². The van der Waals surface area contributed by atoms with Crippen molar-refractivity contribution >= 4 is 29.2 Å². The lowest BCUT2D eigenvalue weighted by molar-refractivity contribution is 0.393. The first kappa shape index (κ1) is 18.6. The van der Waals surface area contributed by atoms with Crippen LogP contribution in [0.25, 0.3) is 0 Å². The van der Waals surface area contributed by atoms with Crippen molar-refractivity contribution in [2.75, 3.05) is 14.2 Å². The number of aliphatic imine (C=N–C) groups is 2. The minimum absolute atomic E-state index is 0.0666. The zero-order valence-electron chi connectivity index (χ0n) is 14.7. The molecule has 0 saturated carbocycles. The van der Waals surface area contributed by atoms with Crippen molar-refractivity contribution in [3.8, 4) is 11.5 Å². The number of aryl methyl sites for hydroxylation is 2. The molecule has 2 aromatic rings. The molecule has 0 radical (unpaired) electrons. The summed E-state index contributed by atoms with van der Waals surface area (Å²) in [5.41, 5.74) is 7.78. The molecule has 3 N–H and O–H groups in total. The molecule has 0 aliphatic carbocycles.